The summed E-state index contributed by atoms with van der Waals surface area (Å²) in [5, 5.41) is 2.02. The fourth-order valence-corrected chi connectivity index (χ4v) is 2.77. The number of aldehydes is 1. The van der Waals surface area contributed by atoms with Crippen LogP contribution < -0.4 is 0 Å². The van der Waals surface area contributed by atoms with Crippen molar-refractivity contribution < 1.29 is 4.79 Å². The third-order valence-corrected chi connectivity index (χ3v) is 4.19. The Balaban J connectivity index is 2.26. The van der Waals surface area contributed by atoms with Gasteiger partial charge in [0.05, 0.1) is 5.41 Å². The van der Waals surface area contributed by atoms with Crippen molar-refractivity contribution in [2.75, 3.05) is 0 Å². The van der Waals surface area contributed by atoms with Crippen LogP contribution >= 0.6 is 11.3 Å². The molecule has 0 radical (unpaired) electrons. The number of aryl methyl sites for hydroxylation is 1. The quantitative estimate of drug-likeness (QED) is 0.748. The van der Waals surface area contributed by atoms with E-state index in [1.54, 1.807) is 11.3 Å². The van der Waals surface area contributed by atoms with Crippen molar-refractivity contribution in [3.05, 3.63) is 57.8 Å². The van der Waals surface area contributed by atoms with Gasteiger partial charge in [0, 0.05) is 4.88 Å². The molecule has 17 heavy (non-hydrogen) atoms. The molecule has 1 atom stereocenters. The van der Waals surface area contributed by atoms with Gasteiger partial charge in [0.15, 0.2) is 0 Å². The Kier molecular flexibility index (Phi) is 3.43. The second-order valence-corrected chi connectivity index (χ2v) is 5.62. The summed E-state index contributed by atoms with van der Waals surface area (Å²) in [5.41, 5.74) is 2.06. The first-order valence-corrected chi connectivity index (χ1v) is 6.58. The van der Waals surface area contributed by atoms with E-state index in [1.165, 1.54) is 11.1 Å². The predicted octanol–water partition coefficient (Wildman–Crippen LogP) is 3.76. The molecule has 0 aliphatic heterocycles. The highest BCUT2D eigenvalue weighted by Crippen LogP contribution is 2.29. The SMILES string of the molecule is Cc1ccc(CC(C)(C=O)c2cccs2)cc1. The number of carbonyl (C=O) groups excluding carboxylic acids is 1. The van der Waals surface area contributed by atoms with Crippen LogP contribution in [0.25, 0.3) is 0 Å². The molecule has 0 fully saturated rings. The summed E-state index contributed by atoms with van der Waals surface area (Å²) in [6, 6.07) is 12.4. The van der Waals surface area contributed by atoms with E-state index in [0.29, 0.717) is 0 Å². The average molecular weight is 244 g/mol. The van der Waals surface area contributed by atoms with Gasteiger partial charge in [0.25, 0.3) is 0 Å². The maximum absolute atomic E-state index is 11.4. The molecule has 0 N–H and O–H groups in total. The van der Waals surface area contributed by atoms with E-state index < -0.39 is 5.41 Å². The Bertz CT molecular complexity index is 484. The van der Waals surface area contributed by atoms with Gasteiger partial charge in [-0.25, -0.2) is 0 Å². The minimum Gasteiger partial charge on any atom is -0.302 e. The molecule has 1 aromatic carbocycles. The molecular weight excluding hydrogens is 228 g/mol. The Morgan fingerprint density at radius 3 is 2.47 bits per heavy atom. The van der Waals surface area contributed by atoms with Gasteiger partial charge in [-0.1, -0.05) is 35.9 Å². The summed E-state index contributed by atoms with van der Waals surface area (Å²) in [4.78, 5) is 12.5. The van der Waals surface area contributed by atoms with Crippen molar-refractivity contribution in [2.24, 2.45) is 0 Å². The number of rotatable bonds is 4. The molecule has 0 saturated carbocycles. The molecule has 0 amide bonds. The summed E-state index contributed by atoms with van der Waals surface area (Å²) in [5.74, 6) is 0. The predicted molar refractivity (Wildman–Crippen MR) is 72.6 cm³/mol. The monoisotopic (exact) mass is 244 g/mol. The zero-order valence-electron chi connectivity index (χ0n) is 10.1. The first-order chi connectivity index (χ1) is 8.14. The first-order valence-electron chi connectivity index (χ1n) is 5.70. The summed E-state index contributed by atoms with van der Waals surface area (Å²) >= 11 is 1.65. The van der Waals surface area contributed by atoms with Crippen LogP contribution in [0.4, 0.5) is 0 Å². The van der Waals surface area contributed by atoms with Crippen LogP contribution in [0.2, 0.25) is 0 Å². The van der Waals surface area contributed by atoms with E-state index in [1.807, 2.05) is 24.4 Å². The van der Waals surface area contributed by atoms with Crippen LogP contribution in [-0.4, -0.2) is 6.29 Å². The average Bonchev–Trinajstić information content (AvgIpc) is 2.86. The highest BCUT2D eigenvalue weighted by molar-refractivity contribution is 7.10. The molecule has 0 bridgehead atoms. The number of carbonyl (C=O) groups is 1. The van der Waals surface area contributed by atoms with Crippen LogP contribution in [0.15, 0.2) is 41.8 Å². The maximum Gasteiger partial charge on any atom is 0.131 e. The van der Waals surface area contributed by atoms with E-state index in [9.17, 15) is 4.79 Å². The van der Waals surface area contributed by atoms with Gasteiger partial charge in [0.1, 0.15) is 6.29 Å². The molecule has 0 aliphatic carbocycles. The maximum atomic E-state index is 11.4. The molecule has 2 rings (SSSR count). The van der Waals surface area contributed by atoms with E-state index in [0.717, 1.165) is 17.6 Å². The molecule has 1 aromatic heterocycles. The molecule has 2 aromatic rings. The number of thiophene rings is 1. The molecule has 2 heteroatoms. The first kappa shape index (κ1) is 12.1. The fourth-order valence-electron chi connectivity index (χ4n) is 1.92. The third kappa shape index (κ3) is 2.64. The van der Waals surface area contributed by atoms with E-state index >= 15 is 0 Å². The highest BCUT2D eigenvalue weighted by Gasteiger charge is 2.27. The van der Waals surface area contributed by atoms with Crippen molar-refractivity contribution in [1.29, 1.82) is 0 Å². The lowest BCUT2D eigenvalue weighted by Gasteiger charge is -2.21. The summed E-state index contributed by atoms with van der Waals surface area (Å²) in [6.07, 6.45) is 1.83. The minimum atomic E-state index is -0.399. The van der Waals surface area contributed by atoms with Gasteiger partial charge in [-0.05, 0) is 37.3 Å². The number of benzene rings is 1. The molecule has 1 unspecified atom stereocenters. The molecule has 0 saturated heterocycles. The molecule has 0 aliphatic rings. The summed E-state index contributed by atoms with van der Waals surface area (Å²) in [6.45, 7) is 4.08. The summed E-state index contributed by atoms with van der Waals surface area (Å²) in [7, 11) is 0. The normalized spacial score (nSPS) is 14.2. The third-order valence-electron chi connectivity index (χ3n) is 3.04. The van der Waals surface area contributed by atoms with Crippen molar-refractivity contribution in [2.45, 2.75) is 25.7 Å². The second-order valence-electron chi connectivity index (χ2n) is 4.67. The van der Waals surface area contributed by atoms with Crippen molar-refractivity contribution in [3.63, 3.8) is 0 Å². The second kappa shape index (κ2) is 4.84. The van der Waals surface area contributed by atoms with Crippen LogP contribution in [-0.2, 0) is 16.6 Å². The Labute approximate surface area is 106 Å². The Hall–Kier alpha value is -1.41. The molecular formula is C15H16OS. The molecule has 1 nitrogen and oxygen atoms in total. The smallest absolute Gasteiger partial charge is 0.131 e. The lowest BCUT2D eigenvalue weighted by atomic mass is 9.83. The Morgan fingerprint density at radius 1 is 1.24 bits per heavy atom. The number of hydrogen-bond donors (Lipinski definition) is 0. The lowest BCUT2D eigenvalue weighted by molar-refractivity contribution is -0.112. The lowest BCUT2D eigenvalue weighted by Crippen LogP contribution is -2.25. The highest BCUT2D eigenvalue weighted by atomic mass is 32.1. The Morgan fingerprint density at radius 2 is 1.94 bits per heavy atom. The van der Waals surface area contributed by atoms with Crippen molar-refractivity contribution in [1.82, 2.24) is 0 Å². The van der Waals surface area contributed by atoms with E-state index in [2.05, 4.69) is 31.2 Å². The van der Waals surface area contributed by atoms with E-state index in [4.69, 9.17) is 0 Å². The zero-order chi connectivity index (χ0) is 12.3. The van der Waals surface area contributed by atoms with Gasteiger partial charge in [-0.3, -0.25) is 0 Å². The van der Waals surface area contributed by atoms with Gasteiger partial charge in [-0.2, -0.15) is 0 Å². The largest absolute Gasteiger partial charge is 0.302 e. The van der Waals surface area contributed by atoms with Gasteiger partial charge >= 0.3 is 0 Å². The van der Waals surface area contributed by atoms with Crippen molar-refractivity contribution in [3.8, 4) is 0 Å². The fraction of sp³-hybridized carbons (Fsp3) is 0.267. The van der Waals surface area contributed by atoms with E-state index in [-0.39, 0.29) is 0 Å². The summed E-state index contributed by atoms with van der Waals surface area (Å²) < 4.78 is 0. The van der Waals surface area contributed by atoms with Gasteiger partial charge in [-0.15, -0.1) is 11.3 Å². The van der Waals surface area contributed by atoms with Crippen LogP contribution in [0.1, 0.15) is 22.9 Å². The van der Waals surface area contributed by atoms with Gasteiger partial charge < -0.3 is 4.79 Å². The minimum absolute atomic E-state index is 0.399. The zero-order valence-corrected chi connectivity index (χ0v) is 11.0. The molecule has 88 valence electrons. The number of hydrogen-bond acceptors (Lipinski definition) is 2. The van der Waals surface area contributed by atoms with Crippen LogP contribution in [0.3, 0.4) is 0 Å². The standard InChI is InChI=1S/C15H16OS/c1-12-5-7-13(8-6-12)10-15(2,11-16)14-4-3-9-17-14/h3-9,11H,10H2,1-2H3. The topological polar surface area (TPSA) is 17.1 Å². The molecule has 0 spiro atoms. The van der Waals surface area contributed by atoms with Gasteiger partial charge in [0.2, 0.25) is 0 Å². The van der Waals surface area contributed by atoms with Crippen molar-refractivity contribution >= 4 is 17.6 Å². The van der Waals surface area contributed by atoms with Crippen LogP contribution in [0, 0.1) is 6.92 Å². The molecule has 1 heterocycles. The van der Waals surface area contributed by atoms with Crippen LogP contribution in [0.5, 0.6) is 0 Å².